The van der Waals surface area contributed by atoms with Crippen LogP contribution in [-0.4, -0.2) is 25.3 Å². The van der Waals surface area contributed by atoms with E-state index < -0.39 is 16.1 Å². The Morgan fingerprint density at radius 1 is 0.286 bits per heavy atom. The van der Waals surface area contributed by atoms with Crippen LogP contribution >= 0.6 is 0 Å². The monoisotopic (exact) mass is 922 g/mol. The van der Waals surface area contributed by atoms with Crippen molar-refractivity contribution >= 4 is 101 Å². The minimum atomic E-state index is -2.89. The van der Waals surface area contributed by atoms with Crippen molar-refractivity contribution in [1.82, 2.24) is 9.13 Å². The van der Waals surface area contributed by atoms with Crippen molar-refractivity contribution in [2.24, 2.45) is 0 Å². The van der Waals surface area contributed by atoms with Crippen LogP contribution < -0.4 is 41.5 Å². The molecule has 0 fully saturated rings. The predicted octanol–water partition coefficient (Wildman–Crippen LogP) is 10.6. The lowest BCUT2D eigenvalue weighted by Crippen LogP contribution is -2.76. The third-order valence-corrected chi connectivity index (χ3v) is 24.9. The molecule has 0 bridgehead atoms. The molecule has 1 unspecified atom stereocenters. The fourth-order valence-corrected chi connectivity index (χ4v) is 22.4. The summed E-state index contributed by atoms with van der Waals surface area (Å²) in [5, 5.41) is 16.2. The highest BCUT2D eigenvalue weighted by atomic mass is 28.3. The van der Waals surface area contributed by atoms with E-state index in [2.05, 4.69) is 288 Å². The van der Waals surface area contributed by atoms with Crippen molar-refractivity contribution in [3.63, 3.8) is 0 Å². The highest BCUT2D eigenvalue weighted by Crippen LogP contribution is 2.39. The zero-order valence-electron chi connectivity index (χ0n) is 38.5. The first kappa shape index (κ1) is 40.5. The molecule has 0 aliphatic carbocycles. The first-order valence-electron chi connectivity index (χ1n) is 24.3. The third-order valence-electron chi connectivity index (χ3n) is 15.3. The summed E-state index contributed by atoms with van der Waals surface area (Å²) in [6.07, 6.45) is 0. The van der Waals surface area contributed by atoms with Crippen molar-refractivity contribution in [1.29, 1.82) is 0 Å². The molecule has 70 heavy (non-hydrogen) atoms. The van der Waals surface area contributed by atoms with Gasteiger partial charge in [0.15, 0.2) is 16.1 Å². The van der Waals surface area contributed by atoms with Crippen molar-refractivity contribution in [3.8, 4) is 22.5 Å². The summed E-state index contributed by atoms with van der Waals surface area (Å²) in [5.41, 5.74) is 9.84. The smallest absolute Gasteiger partial charge is 0.184 e. The molecule has 0 saturated carbocycles. The summed E-state index contributed by atoms with van der Waals surface area (Å²) in [6.45, 7) is 0. The number of benzene rings is 11. The second-order valence-electron chi connectivity index (χ2n) is 18.8. The maximum Gasteiger partial charge on any atom is 0.184 e. The summed E-state index contributed by atoms with van der Waals surface area (Å²) in [5.74, 6) is 0. The van der Waals surface area contributed by atoms with E-state index in [1.54, 1.807) is 0 Å². The second kappa shape index (κ2) is 16.0. The molecule has 2 nitrogen and oxygen atoms in total. The Hall–Kier alpha value is -8.55. The van der Waals surface area contributed by atoms with Gasteiger partial charge in [0.05, 0.1) is 22.1 Å². The Morgan fingerprint density at radius 2 is 0.786 bits per heavy atom. The van der Waals surface area contributed by atoms with E-state index in [1.165, 1.54) is 102 Å². The minimum Gasteiger partial charge on any atom is -0.309 e. The van der Waals surface area contributed by atoms with Crippen LogP contribution in [0, 0.1) is 0 Å². The number of hydrogen-bond donors (Lipinski definition) is 0. The summed E-state index contributed by atoms with van der Waals surface area (Å²) in [6, 6.07) is 105. The van der Waals surface area contributed by atoms with E-state index >= 15 is 0 Å². The van der Waals surface area contributed by atoms with E-state index in [0.29, 0.717) is 0 Å². The van der Waals surface area contributed by atoms with Gasteiger partial charge in [0, 0.05) is 32.9 Å². The quantitative estimate of drug-likeness (QED) is 0.106. The largest absolute Gasteiger partial charge is 0.309 e. The maximum atomic E-state index is 2.58. The van der Waals surface area contributed by atoms with E-state index in [9.17, 15) is 0 Å². The van der Waals surface area contributed by atoms with E-state index in [0.717, 1.165) is 5.69 Å². The van der Waals surface area contributed by atoms with Gasteiger partial charge in [0.2, 0.25) is 0 Å². The van der Waals surface area contributed by atoms with Crippen LogP contribution in [0.2, 0.25) is 0 Å². The molecule has 0 saturated heterocycles. The Balaban J connectivity index is 1.02. The maximum absolute atomic E-state index is 2.89. The van der Waals surface area contributed by atoms with Gasteiger partial charge >= 0.3 is 0 Å². The summed E-state index contributed by atoms with van der Waals surface area (Å²) in [7, 11) is -5.65. The number of aromatic nitrogens is 2. The fraction of sp³-hybridized carbons (Fsp3) is 0. The van der Waals surface area contributed by atoms with Gasteiger partial charge in [-0.2, -0.15) is 0 Å². The molecule has 0 spiro atoms. The van der Waals surface area contributed by atoms with E-state index in [1.807, 2.05) is 0 Å². The molecule has 2 aromatic heterocycles. The van der Waals surface area contributed by atoms with Crippen LogP contribution in [0.15, 0.2) is 279 Å². The van der Waals surface area contributed by atoms with Crippen molar-refractivity contribution in [2.45, 2.75) is 0 Å². The van der Waals surface area contributed by atoms with Crippen LogP contribution in [0.25, 0.3) is 66.1 Å². The third kappa shape index (κ3) is 5.78. The molecule has 0 radical (unpaired) electrons. The number of para-hydroxylation sites is 3. The molecule has 13 aromatic rings. The summed E-state index contributed by atoms with van der Waals surface area (Å²) in [4.78, 5) is 0. The number of nitrogens with zero attached hydrogens (tertiary/aromatic N) is 2. The van der Waals surface area contributed by atoms with Gasteiger partial charge in [0.25, 0.3) is 0 Å². The van der Waals surface area contributed by atoms with Gasteiger partial charge in [-0.05, 0) is 89.0 Å². The predicted molar refractivity (Wildman–Crippen MR) is 301 cm³/mol. The molecule has 1 aliphatic heterocycles. The van der Waals surface area contributed by atoms with Gasteiger partial charge in [-0.1, -0.05) is 243 Å². The normalized spacial score (nSPS) is 14.3. The molecule has 11 aromatic carbocycles. The molecular formula is C66H46N2Si2. The lowest BCUT2D eigenvalue weighted by Gasteiger charge is -2.40. The standard InChI is InChI=1S/C66H46N2Si2/c1-6-22-47(23-7-1)48-24-20-33-54(44-48)70(53-31-14-5-15-32-53)64-38-19-18-37-63(64)68-62-42-40-49(45-58(62)57-35-21-39-65(70)66(57)68)67-60-36-17-16-34-56(60)59-46-55(41-43-61(59)67)69(50-25-8-2-9-26-50,51-27-10-3-11-28-51)52-29-12-4-13-30-52/h1-46H. The molecular weight excluding hydrogens is 877 g/mol. The van der Waals surface area contributed by atoms with Gasteiger partial charge in [-0.15, -0.1) is 0 Å². The Kier molecular flexibility index (Phi) is 9.28. The number of rotatable bonds is 8. The molecule has 4 heteroatoms. The van der Waals surface area contributed by atoms with Gasteiger partial charge in [0.1, 0.15) is 0 Å². The van der Waals surface area contributed by atoms with Gasteiger partial charge in [-0.3, -0.25) is 0 Å². The van der Waals surface area contributed by atoms with Gasteiger partial charge < -0.3 is 9.13 Å². The lowest BCUT2D eigenvalue weighted by atomic mass is 10.1. The van der Waals surface area contributed by atoms with Crippen LogP contribution in [-0.2, 0) is 0 Å². The summed E-state index contributed by atoms with van der Waals surface area (Å²) < 4.78 is 5.08. The fourth-order valence-electron chi connectivity index (χ4n) is 12.5. The first-order valence-corrected chi connectivity index (χ1v) is 28.3. The molecule has 0 amide bonds. The summed E-state index contributed by atoms with van der Waals surface area (Å²) >= 11 is 0. The van der Waals surface area contributed by atoms with Crippen LogP contribution in [0.5, 0.6) is 0 Å². The average Bonchev–Trinajstić information content (AvgIpc) is 3.96. The topological polar surface area (TPSA) is 9.86 Å². The second-order valence-corrected chi connectivity index (χ2v) is 26.3. The molecule has 14 rings (SSSR count). The zero-order valence-corrected chi connectivity index (χ0v) is 40.5. The molecule has 1 aliphatic rings. The first-order chi connectivity index (χ1) is 34.7. The zero-order chi connectivity index (χ0) is 46.2. The number of hydrogen-bond acceptors (Lipinski definition) is 0. The minimum absolute atomic E-state index is 1.16. The highest BCUT2D eigenvalue weighted by Gasteiger charge is 2.48. The van der Waals surface area contributed by atoms with Crippen LogP contribution in [0.4, 0.5) is 0 Å². The molecule has 3 heterocycles. The lowest BCUT2D eigenvalue weighted by molar-refractivity contribution is 1.17. The van der Waals surface area contributed by atoms with E-state index in [-0.39, 0.29) is 0 Å². The molecule has 1 atom stereocenters. The van der Waals surface area contributed by atoms with Crippen LogP contribution in [0.1, 0.15) is 0 Å². The van der Waals surface area contributed by atoms with Crippen molar-refractivity contribution < 1.29 is 0 Å². The van der Waals surface area contributed by atoms with Crippen molar-refractivity contribution in [2.75, 3.05) is 0 Å². The SMILES string of the molecule is c1ccc(-c2cccc([Si]3(c4ccccc4)c4ccccc4-n4c5ccc(-n6c7ccccc7c7cc([Si](c8ccccc8)(c8ccccc8)c8ccccc8)ccc76)cc5c5cccc3c54)c2)cc1. The highest BCUT2D eigenvalue weighted by molar-refractivity contribution is 7.21. The van der Waals surface area contributed by atoms with Crippen LogP contribution in [0.3, 0.4) is 0 Å². The number of fused-ring (bicyclic) bond motifs is 8. The Bertz CT molecular complexity index is 4010. The van der Waals surface area contributed by atoms with Gasteiger partial charge in [-0.25, -0.2) is 0 Å². The molecule has 328 valence electrons. The Morgan fingerprint density at radius 3 is 1.50 bits per heavy atom. The Labute approximate surface area is 409 Å². The average molecular weight is 923 g/mol. The van der Waals surface area contributed by atoms with E-state index in [4.69, 9.17) is 0 Å². The molecule has 0 N–H and O–H groups in total. The van der Waals surface area contributed by atoms with Crippen molar-refractivity contribution in [3.05, 3.63) is 279 Å².